The van der Waals surface area contributed by atoms with E-state index in [0.717, 1.165) is 12.5 Å². The van der Waals surface area contributed by atoms with E-state index in [2.05, 4.69) is 98.9 Å². The van der Waals surface area contributed by atoms with Gasteiger partial charge in [0.2, 0.25) is 0 Å². The Morgan fingerprint density at radius 2 is 1.30 bits per heavy atom. The van der Waals surface area contributed by atoms with Crippen molar-refractivity contribution < 1.29 is 9.16 Å². The lowest BCUT2D eigenvalue weighted by Gasteiger charge is -2.35. The second-order valence-corrected chi connectivity index (χ2v) is 13.2. The summed E-state index contributed by atoms with van der Waals surface area (Å²) in [6, 6.07) is 29.4. The molecule has 1 aliphatic carbocycles. The quantitative estimate of drug-likeness (QED) is 0.373. The van der Waals surface area contributed by atoms with Crippen LogP contribution in [0.3, 0.4) is 0 Å². The van der Waals surface area contributed by atoms with Gasteiger partial charge in [-0.05, 0) is 60.3 Å². The summed E-state index contributed by atoms with van der Waals surface area (Å²) in [6.45, 7) is 8.80. The third kappa shape index (κ3) is 4.15. The first-order valence-electron chi connectivity index (χ1n) is 11.0. The average Bonchev–Trinajstić information content (AvgIpc) is 3.06. The summed E-state index contributed by atoms with van der Waals surface area (Å²) < 4.78 is 12.9. The van der Waals surface area contributed by atoms with Gasteiger partial charge in [0.1, 0.15) is 0 Å². The number of rotatable bonds is 9. The van der Waals surface area contributed by atoms with Crippen LogP contribution >= 0.6 is 0 Å². The van der Waals surface area contributed by atoms with Gasteiger partial charge < -0.3 is 9.16 Å². The van der Waals surface area contributed by atoms with E-state index >= 15 is 0 Å². The first-order chi connectivity index (χ1) is 14.6. The molecule has 0 radical (unpaired) electrons. The van der Waals surface area contributed by atoms with Gasteiger partial charge >= 0.3 is 0 Å². The largest absolute Gasteiger partial charge is 0.416 e. The number of benzene rings is 3. The molecule has 0 bridgehead atoms. The first-order valence-corrected chi connectivity index (χ1v) is 14.1. The lowest BCUT2D eigenvalue weighted by Crippen LogP contribution is -2.42. The molecule has 3 aromatic carbocycles. The van der Waals surface area contributed by atoms with Crippen molar-refractivity contribution in [3.05, 3.63) is 95.6 Å². The Hall–Kier alpha value is -2.20. The molecule has 0 saturated carbocycles. The molecule has 0 spiro atoms. The molecule has 0 aromatic heterocycles. The highest BCUT2D eigenvalue weighted by molar-refractivity contribution is 6.71. The van der Waals surface area contributed by atoms with Crippen LogP contribution in [0, 0.1) is 0 Å². The average molecular weight is 417 g/mol. The predicted molar refractivity (Wildman–Crippen MR) is 128 cm³/mol. The SMILES string of the molecule is CCOCC1(CO[Si](C)(C)CCc2ccccc2)c2ccccc2-c2ccccc21. The van der Waals surface area contributed by atoms with E-state index in [1.165, 1.54) is 27.8 Å². The Kier molecular flexibility index (Phi) is 6.23. The van der Waals surface area contributed by atoms with Crippen LogP contribution in [0.2, 0.25) is 19.1 Å². The third-order valence-corrected chi connectivity index (χ3v) is 8.68. The highest BCUT2D eigenvalue weighted by Gasteiger charge is 2.44. The van der Waals surface area contributed by atoms with Crippen LogP contribution < -0.4 is 0 Å². The molecule has 0 unspecified atom stereocenters. The molecule has 30 heavy (non-hydrogen) atoms. The van der Waals surface area contributed by atoms with Gasteiger partial charge in [-0.15, -0.1) is 0 Å². The summed E-state index contributed by atoms with van der Waals surface area (Å²) in [5, 5.41) is 0. The number of fused-ring (bicyclic) bond motifs is 3. The molecule has 3 aromatic rings. The van der Waals surface area contributed by atoms with Crippen molar-refractivity contribution in [1.29, 1.82) is 0 Å². The minimum atomic E-state index is -1.84. The minimum Gasteiger partial charge on any atom is -0.416 e. The zero-order chi connectivity index (χ0) is 21.0. The van der Waals surface area contributed by atoms with E-state index in [4.69, 9.17) is 9.16 Å². The van der Waals surface area contributed by atoms with Gasteiger partial charge in [-0.2, -0.15) is 0 Å². The third-order valence-electron chi connectivity index (χ3n) is 6.30. The molecule has 0 fully saturated rings. The number of hydrogen-bond donors (Lipinski definition) is 0. The fourth-order valence-corrected chi connectivity index (χ4v) is 6.20. The van der Waals surface area contributed by atoms with E-state index in [1.54, 1.807) is 0 Å². The second kappa shape index (κ2) is 8.89. The van der Waals surface area contributed by atoms with Gasteiger partial charge in [0, 0.05) is 13.2 Å². The second-order valence-electron chi connectivity index (χ2n) is 8.84. The lowest BCUT2D eigenvalue weighted by atomic mass is 9.79. The fourth-order valence-electron chi connectivity index (χ4n) is 4.53. The number of hydrogen-bond acceptors (Lipinski definition) is 2. The van der Waals surface area contributed by atoms with E-state index < -0.39 is 8.32 Å². The molecule has 4 rings (SSSR count). The Morgan fingerprint density at radius 3 is 1.90 bits per heavy atom. The van der Waals surface area contributed by atoms with Crippen LogP contribution in [-0.2, 0) is 21.0 Å². The molecular weight excluding hydrogens is 384 g/mol. The topological polar surface area (TPSA) is 18.5 Å². The Morgan fingerprint density at radius 1 is 0.733 bits per heavy atom. The van der Waals surface area contributed by atoms with Crippen molar-refractivity contribution in [3.8, 4) is 11.1 Å². The van der Waals surface area contributed by atoms with Crippen molar-refractivity contribution in [1.82, 2.24) is 0 Å². The van der Waals surface area contributed by atoms with E-state index in [9.17, 15) is 0 Å². The van der Waals surface area contributed by atoms with Crippen LogP contribution in [0.1, 0.15) is 23.6 Å². The Bertz CT molecular complexity index is 935. The maximum Gasteiger partial charge on any atom is 0.187 e. The number of aryl methyl sites for hydroxylation is 1. The van der Waals surface area contributed by atoms with Gasteiger partial charge in [-0.3, -0.25) is 0 Å². The summed E-state index contributed by atoms with van der Waals surface area (Å²) in [5.74, 6) is 0. The van der Waals surface area contributed by atoms with E-state index in [1.807, 2.05) is 0 Å². The highest BCUT2D eigenvalue weighted by atomic mass is 28.4. The van der Waals surface area contributed by atoms with Gasteiger partial charge in [0.25, 0.3) is 0 Å². The molecular formula is C27H32O2Si. The molecule has 156 valence electrons. The number of ether oxygens (including phenoxy) is 1. The van der Waals surface area contributed by atoms with Gasteiger partial charge in [0.05, 0.1) is 12.0 Å². The summed E-state index contributed by atoms with van der Waals surface area (Å²) in [6.07, 6.45) is 1.08. The molecule has 1 aliphatic rings. The zero-order valence-electron chi connectivity index (χ0n) is 18.4. The molecule has 0 amide bonds. The van der Waals surface area contributed by atoms with Crippen LogP contribution in [0.5, 0.6) is 0 Å². The molecule has 3 heteroatoms. The summed E-state index contributed by atoms with van der Waals surface area (Å²) in [5.41, 5.74) is 6.47. The lowest BCUT2D eigenvalue weighted by molar-refractivity contribution is 0.0818. The monoisotopic (exact) mass is 416 g/mol. The van der Waals surface area contributed by atoms with Crippen molar-refractivity contribution in [2.75, 3.05) is 19.8 Å². The molecule has 0 saturated heterocycles. The van der Waals surface area contributed by atoms with E-state index in [-0.39, 0.29) is 5.41 Å². The normalized spacial score (nSPS) is 14.4. The smallest absolute Gasteiger partial charge is 0.187 e. The molecule has 0 N–H and O–H groups in total. The van der Waals surface area contributed by atoms with Crippen molar-refractivity contribution >= 4 is 8.32 Å². The van der Waals surface area contributed by atoms with Gasteiger partial charge in [-0.1, -0.05) is 78.9 Å². The van der Waals surface area contributed by atoms with Crippen LogP contribution in [0.15, 0.2) is 78.9 Å². The van der Waals surface area contributed by atoms with Crippen molar-refractivity contribution in [3.63, 3.8) is 0 Å². The molecule has 0 atom stereocenters. The van der Waals surface area contributed by atoms with Crippen LogP contribution in [0.4, 0.5) is 0 Å². The first kappa shape index (κ1) is 21.0. The van der Waals surface area contributed by atoms with Crippen LogP contribution in [-0.4, -0.2) is 28.1 Å². The molecule has 2 nitrogen and oxygen atoms in total. The standard InChI is InChI=1S/C27H32O2Si/c1-4-28-20-27(21-29-30(2,3)19-18-22-12-6-5-7-13-22)25-16-10-8-14-23(25)24-15-9-11-17-26(24)27/h5-17H,4,18-21H2,1-3H3. The van der Waals surface area contributed by atoms with Gasteiger partial charge in [-0.25, -0.2) is 0 Å². The van der Waals surface area contributed by atoms with Crippen molar-refractivity contribution in [2.45, 2.75) is 37.9 Å². The summed E-state index contributed by atoms with van der Waals surface area (Å²) in [4.78, 5) is 0. The predicted octanol–water partition coefficient (Wildman–Crippen LogP) is 6.45. The summed E-state index contributed by atoms with van der Waals surface area (Å²) >= 11 is 0. The minimum absolute atomic E-state index is 0.236. The maximum atomic E-state index is 6.81. The Labute approximate surface area is 182 Å². The molecule has 0 heterocycles. The maximum absolute atomic E-state index is 6.81. The fraction of sp³-hybridized carbons (Fsp3) is 0.333. The van der Waals surface area contributed by atoms with Gasteiger partial charge in [0.15, 0.2) is 8.32 Å². The van der Waals surface area contributed by atoms with E-state index in [0.29, 0.717) is 19.8 Å². The summed E-state index contributed by atoms with van der Waals surface area (Å²) in [7, 11) is -1.84. The molecule has 0 aliphatic heterocycles. The van der Waals surface area contributed by atoms with Crippen molar-refractivity contribution in [2.24, 2.45) is 0 Å². The Balaban J connectivity index is 1.60. The highest BCUT2D eigenvalue weighted by Crippen LogP contribution is 2.49. The van der Waals surface area contributed by atoms with Crippen LogP contribution in [0.25, 0.3) is 11.1 Å². The zero-order valence-corrected chi connectivity index (χ0v) is 19.4.